The highest BCUT2D eigenvalue weighted by Crippen LogP contribution is 2.34. The van der Waals surface area contributed by atoms with Crippen molar-refractivity contribution in [3.05, 3.63) is 28.3 Å². The molecule has 20 heavy (non-hydrogen) atoms. The van der Waals surface area contributed by atoms with E-state index < -0.39 is 14.8 Å². The Bertz CT molecular complexity index is 607. The highest BCUT2D eigenvalue weighted by atomic mass is 32.2. The molecular formula is C13H20N2O4S. The first kappa shape index (κ1) is 16.4. The topological polar surface area (TPSA) is 89.3 Å². The second kappa shape index (κ2) is 5.78. The molecule has 0 bridgehead atoms. The van der Waals surface area contributed by atoms with Gasteiger partial charge >= 0.3 is 5.69 Å². The summed E-state index contributed by atoms with van der Waals surface area (Å²) in [7, 11) is -3.65. The number of nitrogens with zero attached hydrogens (tertiary/aromatic N) is 1. The Balaban J connectivity index is 3.46. The normalized spacial score (nSPS) is 12.2. The van der Waals surface area contributed by atoms with E-state index in [-0.39, 0.29) is 21.8 Å². The maximum atomic E-state index is 11.7. The molecule has 0 unspecified atom stereocenters. The quantitative estimate of drug-likeness (QED) is 0.644. The summed E-state index contributed by atoms with van der Waals surface area (Å²) in [6, 6.07) is 4.31. The molecule has 1 aromatic carbocycles. The zero-order chi connectivity index (χ0) is 15.6. The van der Waals surface area contributed by atoms with Gasteiger partial charge in [0.15, 0.2) is 9.84 Å². The third-order valence-electron chi connectivity index (χ3n) is 3.58. The zero-order valence-corrected chi connectivity index (χ0v) is 13.0. The molecule has 0 radical (unpaired) electrons. The Morgan fingerprint density at radius 1 is 1.30 bits per heavy atom. The van der Waals surface area contributed by atoms with Crippen molar-refractivity contribution in [3.63, 3.8) is 0 Å². The van der Waals surface area contributed by atoms with Gasteiger partial charge in [-0.25, -0.2) is 8.42 Å². The maximum Gasteiger partial charge on any atom is 0.310 e. The van der Waals surface area contributed by atoms with E-state index in [1.54, 1.807) is 0 Å². The Morgan fingerprint density at radius 3 is 2.25 bits per heavy atom. The van der Waals surface area contributed by atoms with Crippen LogP contribution in [-0.2, 0) is 9.84 Å². The molecule has 0 aliphatic carbocycles. The predicted octanol–water partition coefficient (Wildman–Crippen LogP) is 2.99. The van der Waals surface area contributed by atoms with E-state index in [1.165, 1.54) is 18.2 Å². The van der Waals surface area contributed by atoms with E-state index in [1.807, 2.05) is 20.8 Å². The molecule has 0 heterocycles. The van der Waals surface area contributed by atoms with E-state index in [2.05, 4.69) is 5.32 Å². The summed E-state index contributed by atoms with van der Waals surface area (Å²) < 4.78 is 23.4. The van der Waals surface area contributed by atoms with Crippen LogP contribution in [0.2, 0.25) is 0 Å². The monoisotopic (exact) mass is 300 g/mol. The molecule has 0 amide bonds. The third kappa shape index (κ3) is 3.47. The van der Waals surface area contributed by atoms with Crippen LogP contribution in [0, 0.1) is 10.1 Å². The highest BCUT2D eigenvalue weighted by Gasteiger charge is 2.29. The van der Waals surface area contributed by atoms with Crippen molar-refractivity contribution in [1.29, 1.82) is 0 Å². The van der Waals surface area contributed by atoms with E-state index in [0.717, 1.165) is 19.1 Å². The summed E-state index contributed by atoms with van der Waals surface area (Å²) in [5.41, 5.74) is -0.465. The standard InChI is InChI=1S/C13H20N2O4S/c1-5-13(3,6-2)14-10-8-7-9-11(20(4,18)19)12(10)15(16)17/h7-9,14H,5-6H2,1-4H3. The summed E-state index contributed by atoms with van der Waals surface area (Å²) in [5, 5.41) is 14.4. The lowest BCUT2D eigenvalue weighted by Crippen LogP contribution is -2.33. The van der Waals surface area contributed by atoms with Crippen LogP contribution < -0.4 is 5.32 Å². The Morgan fingerprint density at radius 2 is 1.85 bits per heavy atom. The largest absolute Gasteiger partial charge is 0.374 e. The molecule has 0 saturated carbocycles. The van der Waals surface area contributed by atoms with Crippen LogP contribution >= 0.6 is 0 Å². The number of hydrogen-bond donors (Lipinski definition) is 1. The van der Waals surface area contributed by atoms with Gasteiger partial charge in [0, 0.05) is 11.8 Å². The predicted molar refractivity (Wildman–Crippen MR) is 78.8 cm³/mol. The van der Waals surface area contributed by atoms with Crippen molar-refractivity contribution in [2.24, 2.45) is 0 Å². The lowest BCUT2D eigenvalue weighted by atomic mass is 9.95. The number of hydrogen-bond acceptors (Lipinski definition) is 5. The molecule has 0 spiro atoms. The molecule has 0 aliphatic heterocycles. The first-order valence-corrected chi connectivity index (χ1v) is 8.29. The van der Waals surface area contributed by atoms with Crippen molar-refractivity contribution >= 4 is 21.2 Å². The number of nitro groups is 1. The Hall–Kier alpha value is -1.63. The van der Waals surface area contributed by atoms with Gasteiger partial charge in [0.2, 0.25) is 0 Å². The van der Waals surface area contributed by atoms with Gasteiger partial charge in [-0.2, -0.15) is 0 Å². The average molecular weight is 300 g/mol. The molecule has 1 rings (SSSR count). The van der Waals surface area contributed by atoms with Gasteiger partial charge in [0.05, 0.1) is 4.92 Å². The summed E-state index contributed by atoms with van der Waals surface area (Å²) in [5.74, 6) is 0. The van der Waals surface area contributed by atoms with Gasteiger partial charge in [0.25, 0.3) is 0 Å². The van der Waals surface area contributed by atoms with Crippen LogP contribution in [-0.4, -0.2) is 25.1 Å². The first-order chi connectivity index (χ1) is 9.14. The molecular weight excluding hydrogens is 280 g/mol. The number of sulfone groups is 1. The molecule has 7 heteroatoms. The minimum absolute atomic E-state index is 0.240. The molecule has 6 nitrogen and oxygen atoms in total. The molecule has 1 N–H and O–H groups in total. The van der Waals surface area contributed by atoms with Gasteiger partial charge in [-0.05, 0) is 31.9 Å². The molecule has 112 valence electrons. The van der Waals surface area contributed by atoms with Crippen LogP contribution in [0.15, 0.2) is 23.1 Å². The van der Waals surface area contributed by atoms with E-state index in [9.17, 15) is 18.5 Å². The van der Waals surface area contributed by atoms with Crippen LogP contribution in [0.1, 0.15) is 33.6 Å². The lowest BCUT2D eigenvalue weighted by Gasteiger charge is -2.29. The SMILES string of the molecule is CCC(C)(CC)Nc1cccc(S(C)(=O)=O)c1[N+](=O)[O-]. The van der Waals surface area contributed by atoms with Crippen LogP contribution in [0.3, 0.4) is 0 Å². The maximum absolute atomic E-state index is 11.7. The Labute approximate surface area is 119 Å². The second-order valence-electron chi connectivity index (χ2n) is 5.07. The average Bonchev–Trinajstić information content (AvgIpc) is 2.37. The van der Waals surface area contributed by atoms with Crippen molar-refractivity contribution in [3.8, 4) is 0 Å². The van der Waals surface area contributed by atoms with Crippen molar-refractivity contribution in [1.82, 2.24) is 0 Å². The van der Waals surface area contributed by atoms with Crippen LogP contribution in [0.5, 0.6) is 0 Å². The molecule has 0 atom stereocenters. The van der Waals surface area contributed by atoms with E-state index in [0.29, 0.717) is 0 Å². The second-order valence-corrected chi connectivity index (χ2v) is 7.06. The van der Waals surface area contributed by atoms with Crippen molar-refractivity contribution < 1.29 is 13.3 Å². The minimum Gasteiger partial charge on any atom is -0.374 e. The van der Waals surface area contributed by atoms with Crippen molar-refractivity contribution in [2.75, 3.05) is 11.6 Å². The summed E-state index contributed by atoms with van der Waals surface area (Å²) >= 11 is 0. The fraction of sp³-hybridized carbons (Fsp3) is 0.538. The van der Waals surface area contributed by atoms with Gasteiger partial charge in [0.1, 0.15) is 10.6 Å². The van der Waals surface area contributed by atoms with Gasteiger partial charge < -0.3 is 5.32 Å². The number of nitro benzene ring substituents is 1. The summed E-state index contributed by atoms with van der Waals surface area (Å²) in [6.07, 6.45) is 2.51. The minimum atomic E-state index is -3.65. The molecule has 0 aliphatic rings. The summed E-state index contributed by atoms with van der Waals surface area (Å²) in [6.45, 7) is 5.90. The number of benzene rings is 1. The highest BCUT2D eigenvalue weighted by molar-refractivity contribution is 7.90. The molecule has 0 saturated heterocycles. The smallest absolute Gasteiger partial charge is 0.310 e. The molecule has 0 aromatic heterocycles. The number of rotatable bonds is 6. The van der Waals surface area contributed by atoms with Crippen LogP contribution in [0.4, 0.5) is 11.4 Å². The zero-order valence-electron chi connectivity index (χ0n) is 12.1. The molecule has 0 fully saturated rings. The number of para-hydroxylation sites is 1. The van der Waals surface area contributed by atoms with Gasteiger partial charge in [-0.1, -0.05) is 19.9 Å². The number of anilines is 1. The van der Waals surface area contributed by atoms with E-state index in [4.69, 9.17) is 0 Å². The first-order valence-electron chi connectivity index (χ1n) is 6.40. The summed E-state index contributed by atoms with van der Waals surface area (Å²) in [4.78, 5) is 10.3. The van der Waals surface area contributed by atoms with E-state index >= 15 is 0 Å². The van der Waals surface area contributed by atoms with Gasteiger partial charge in [-0.15, -0.1) is 0 Å². The lowest BCUT2D eigenvalue weighted by molar-refractivity contribution is -0.386. The Kier molecular flexibility index (Phi) is 4.75. The van der Waals surface area contributed by atoms with Crippen LogP contribution in [0.25, 0.3) is 0 Å². The molecule has 1 aromatic rings. The number of nitrogens with one attached hydrogen (secondary N) is 1. The fourth-order valence-corrected chi connectivity index (χ4v) is 2.72. The van der Waals surface area contributed by atoms with Crippen molar-refractivity contribution in [2.45, 2.75) is 44.0 Å². The third-order valence-corrected chi connectivity index (χ3v) is 4.71. The fourth-order valence-electron chi connectivity index (χ4n) is 1.86. The van der Waals surface area contributed by atoms with Gasteiger partial charge in [-0.3, -0.25) is 10.1 Å².